The summed E-state index contributed by atoms with van der Waals surface area (Å²) in [5.41, 5.74) is 1.43. The SMILES string of the molecule is Cn1cc(CNC(=O)c2c(NC(=O)c3cc4nc(C5CC5)cc(C(F)F)n4n3)cnn2C)cn1. The van der Waals surface area contributed by atoms with Gasteiger partial charge in [-0.15, -0.1) is 0 Å². The van der Waals surface area contributed by atoms with Gasteiger partial charge < -0.3 is 10.6 Å². The molecule has 11 nitrogen and oxygen atoms in total. The van der Waals surface area contributed by atoms with Crippen LogP contribution in [0.1, 0.15) is 63.1 Å². The van der Waals surface area contributed by atoms with Gasteiger partial charge in [-0.3, -0.25) is 19.0 Å². The number of carbonyl (C=O) groups is 2. The molecule has 34 heavy (non-hydrogen) atoms. The average Bonchev–Trinajstić information content (AvgIpc) is 3.25. The van der Waals surface area contributed by atoms with E-state index in [4.69, 9.17) is 0 Å². The zero-order chi connectivity index (χ0) is 24.0. The summed E-state index contributed by atoms with van der Waals surface area (Å²) >= 11 is 0. The van der Waals surface area contributed by atoms with Gasteiger partial charge in [0.25, 0.3) is 18.2 Å². The molecule has 4 aromatic heterocycles. The Kier molecular flexibility index (Phi) is 5.30. The summed E-state index contributed by atoms with van der Waals surface area (Å²) in [5, 5.41) is 17.5. The fraction of sp³-hybridized carbons (Fsp3) is 0.333. The highest BCUT2D eigenvalue weighted by atomic mass is 19.3. The molecule has 176 valence electrons. The number of carbonyl (C=O) groups excluding carboxylic acids is 2. The first-order chi connectivity index (χ1) is 16.3. The van der Waals surface area contributed by atoms with Crippen molar-refractivity contribution in [3.05, 3.63) is 59.1 Å². The Morgan fingerprint density at radius 1 is 1.15 bits per heavy atom. The van der Waals surface area contributed by atoms with Crippen LogP contribution in [-0.2, 0) is 20.6 Å². The largest absolute Gasteiger partial charge is 0.346 e. The Labute approximate surface area is 191 Å². The van der Waals surface area contributed by atoms with Crippen molar-refractivity contribution in [1.82, 2.24) is 39.5 Å². The summed E-state index contributed by atoms with van der Waals surface area (Å²) in [4.78, 5) is 30.0. The third kappa shape index (κ3) is 4.11. The monoisotopic (exact) mass is 469 g/mol. The van der Waals surface area contributed by atoms with Gasteiger partial charge in [-0.05, 0) is 18.9 Å². The van der Waals surface area contributed by atoms with Crippen LogP contribution in [0.5, 0.6) is 0 Å². The minimum atomic E-state index is -2.77. The summed E-state index contributed by atoms with van der Waals surface area (Å²) in [5.74, 6) is -0.962. The summed E-state index contributed by atoms with van der Waals surface area (Å²) in [6, 6.07) is 2.70. The number of amides is 2. The van der Waals surface area contributed by atoms with Crippen molar-refractivity contribution >= 4 is 23.1 Å². The molecule has 0 spiro atoms. The number of alkyl halides is 2. The van der Waals surface area contributed by atoms with Gasteiger partial charge in [0.1, 0.15) is 11.4 Å². The van der Waals surface area contributed by atoms with E-state index in [1.807, 2.05) is 0 Å². The molecule has 0 saturated heterocycles. The molecular formula is C21H21F2N9O2. The maximum absolute atomic E-state index is 13.6. The average molecular weight is 469 g/mol. The summed E-state index contributed by atoms with van der Waals surface area (Å²) in [6.45, 7) is 0.239. The molecule has 2 amide bonds. The molecule has 2 N–H and O–H groups in total. The molecule has 0 radical (unpaired) electrons. The van der Waals surface area contributed by atoms with E-state index in [2.05, 4.69) is 30.9 Å². The highest BCUT2D eigenvalue weighted by molar-refractivity contribution is 6.07. The van der Waals surface area contributed by atoms with Gasteiger partial charge >= 0.3 is 0 Å². The lowest BCUT2D eigenvalue weighted by molar-refractivity contribution is 0.0942. The molecule has 4 aromatic rings. The second-order valence-electron chi connectivity index (χ2n) is 8.17. The first-order valence-electron chi connectivity index (χ1n) is 10.6. The number of nitrogens with one attached hydrogen (secondary N) is 2. The third-order valence-corrected chi connectivity index (χ3v) is 5.54. The molecule has 1 aliphatic rings. The number of hydrogen-bond donors (Lipinski definition) is 2. The lowest BCUT2D eigenvalue weighted by Gasteiger charge is -2.08. The smallest absolute Gasteiger partial charge is 0.280 e. The number of anilines is 1. The molecule has 4 heterocycles. The number of aryl methyl sites for hydroxylation is 2. The fourth-order valence-corrected chi connectivity index (χ4v) is 3.69. The predicted octanol–water partition coefficient (Wildman–Crippen LogP) is 2.19. The van der Waals surface area contributed by atoms with Crippen molar-refractivity contribution in [1.29, 1.82) is 0 Å². The van der Waals surface area contributed by atoms with E-state index >= 15 is 0 Å². The van der Waals surface area contributed by atoms with E-state index in [0.29, 0.717) is 5.69 Å². The van der Waals surface area contributed by atoms with Crippen LogP contribution in [0.3, 0.4) is 0 Å². The predicted molar refractivity (Wildman–Crippen MR) is 115 cm³/mol. The van der Waals surface area contributed by atoms with Crippen molar-refractivity contribution in [2.24, 2.45) is 14.1 Å². The molecule has 0 unspecified atom stereocenters. The molecule has 0 atom stereocenters. The fourth-order valence-electron chi connectivity index (χ4n) is 3.69. The van der Waals surface area contributed by atoms with Crippen LogP contribution in [0.2, 0.25) is 0 Å². The van der Waals surface area contributed by atoms with Gasteiger partial charge in [-0.1, -0.05) is 0 Å². The van der Waals surface area contributed by atoms with Crippen LogP contribution in [0.15, 0.2) is 30.7 Å². The molecule has 0 aliphatic heterocycles. The van der Waals surface area contributed by atoms with Gasteiger partial charge in [-0.2, -0.15) is 15.3 Å². The van der Waals surface area contributed by atoms with Crippen molar-refractivity contribution in [3.63, 3.8) is 0 Å². The van der Waals surface area contributed by atoms with E-state index in [0.717, 1.165) is 22.9 Å². The number of rotatable bonds is 7. The highest BCUT2D eigenvalue weighted by Crippen LogP contribution is 2.40. The quantitative estimate of drug-likeness (QED) is 0.428. The van der Waals surface area contributed by atoms with Gasteiger partial charge in [0.2, 0.25) is 0 Å². The van der Waals surface area contributed by atoms with Crippen molar-refractivity contribution in [2.45, 2.75) is 31.7 Å². The van der Waals surface area contributed by atoms with Crippen LogP contribution in [-0.4, -0.2) is 46.0 Å². The summed E-state index contributed by atoms with van der Waals surface area (Å²) in [6.07, 6.45) is 3.77. The van der Waals surface area contributed by atoms with Crippen LogP contribution in [0, 0.1) is 0 Å². The zero-order valence-corrected chi connectivity index (χ0v) is 18.4. The summed E-state index contributed by atoms with van der Waals surface area (Å²) < 4.78 is 31.1. The first-order valence-corrected chi connectivity index (χ1v) is 10.6. The van der Waals surface area contributed by atoms with E-state index < -0.39 is 18.2 Å². The zero-order valence-electron chi connectivity index (χ0n) is 18.4. The first kappa shape index (κ1) is 21.7. The number of aromatic nitrogens is 7. The van der Waals surface area contributed by atoms with Crippen LogP contribution < -0.4 is 10.6 Å². The van der Waals surface area contributed by atoms with Crippen molar-refractivity contribution < 1.29 is 18.4 Å². The van der Waals surface area contributed by atoms with Crippen LogP contribution in [0.4, 0.5) is 14.5 Å². The Hall–Kier alpha value is -4.16. The minimum absolute atomic E-state index is 0.104. The van der Waals surface area contributed by atoms with Crippen molar-refractivity contribution in [2.75, 3.05) is 5.32 Å². The van der Waals surface area contributed by atoms with Crippen molar-refractivity contribution in [3.8, 4) is 0 Å². The van der Waals surface area contributed by atoms with E-state index in [1.165, 1.54) is 23.0 Å². The highest BCUT2D eigenvalue weighted by Gasteiger charge is 2.29. The van der Waals surface area contributed by atoms with Gasteiger partial charge in [-0.25, -0.2) is 18.3 Å². The van der Waals surface area contributed by atoms with E-state index in [9.17, 15) is 18.4 Å². The Bertz CT molecular complexity index is 1400. The summed E-state index contributed by atoms with van der Waals surface area (Å²) in [7, 11) is 3.34. The minimum Gasteiger partial charge on any atom is -0.346 e. The second kappa shape index (κ2) is 8.32. The lowest BCUT2D eigenvalue weighted by Crippen LogP contribution is -2.26. The standard InChI is InChI=1S/C21H21F2N9O2/c1-30-10-11(8-25-30)7-24-21(34)18-15(9-26-31(18)2)28-20(33)14-6-17-27-13(12-3-4-12)5-16(19(22)23)32(17)29-14/h5-6,8-10,12,19H,3-4,7H2,1-2H3,(H,24,34)(H,28,33). The van der Waals surface area contributed by atoms with Gasteiger partial charge in [0.15, 0.2) is 11.3 Å². The molecule has 0 bridgehead atoms. The molecule has 1 saturated carbocycles. The number of halogens is 2. The molecule has 1 fully saturated rings. The second-order valence-corrected chi connectivity index (χ2v) is 8.17. The lowest BCUT2D eigenvalue weighted by atomic mass is 10.2. The van der Waals surface area contributed by atoms with Crippen LogP contribution >= 0.6 is 0 Å². The van der Waals surface area contributed by atoms with Gasteiger partial charge in [0.05, 0.1) is 18.1 Å². The van der Waals surface area contributed by atoms with E-state index in [-0.39, 0.29) is 40.9 Å². The third-order valence-electron chi connectivity index (χ3n) is 5.54. The number of hydrogen-bond acceptors (Lipinski definition) is 6. The molecule has 5 rings (SSSR count). The van der Waals surface area contributed by atoms with Crippen LogP contribution in [0.25, 0.3) is 5.65 Å². The molecule has 13 heteroatoms. The molecule has 0 aromatic carbocycles. The maximum Gasteiger partial charge on any atom is 0.280 e. The Morgan fingerprint density at radius 2 is 1.94 bits per heavy atom. The van der Waals surface area contributed by atoms with E-state index in [1.54, 1.807) is 31.2 Å². The molecular weight excluding hydrogens is 448 g/mol. The Morgan fingerprint density at radius 3 is 2.62 bits per heavy atom. The normalized spacial score (nSPS) is 13.6. The topological polar surface area (TPSA) is 124 Å². The van der Waals surface area contributed by atoms with Gasteiger partial charge in [0, 0.05) is 50.1 Å². The Balaban J connectivity index is 1.37. The molecule has 1 aliphatic carbocycles. The number of fused-ring (bicyclic) bond motifs is 1. The maximum atomic E-state index is 13.6. The number of nitrogens with zero attached hydrogens (tertiary/aromatic N) is 7.